The molecule has 1 aromatic heterocycles. The number of aryl methyl sites for hydroxylation is 1. The predicted octanol–water partition coefficient (Wildman–Crippen LogP) is 3.05. The molecule has 1 spiro atoms. The van der Waals surface area contributed by atoms with Crippen LogP contribution in [0, 0.1) is 18.3 Å². The van der Waals surface area contributed by atoms with Crippen LogP contribution >= 0.6 is 0 Å². The smallest absolute Gasteiger partial charge is 0.225 e. The van der Waals surface area contributed by atoms with Gasteiger partial charge in [0.1, 0.15) is 0 Å². The van der Waals surface area contributed by atoms with Gasteiger partial charge in [-0.25, -0.2) is 9.97 Å². The lowest BCUT2D eigenvalue weighted by Crippen LogP contribution is -2.73. The summed E-state index contributed by atoms with van der Waals surface area (Å²) < 4.78 is 0. The van der Waals surface area contributed by atoms with E-state index in [2.05, 4.69) is 38.5 Å². The van der Waals surface area contributed by atoms with E-state index in [1.807, 2.05) is 33.2 Å². The van der Waals surface area contributed by atoms with E-state index in [0.717, 1.165) is 36.6 Å². The van der Waals surface area contributed by atoms with E-state index in [-0.39, 0.29) is 0 Å². The number of anilines is 1. The minimum absolute atomic E-state index is 0.653. The molecule has 0 N–H and O–H groups in total. The Bertz CT molecular complexity index is 548. The highest BCUT2D eigenvalue weighted by Crippen LogP contribution is 2.41. The molecule has 3 saturated heterocycles. The van der Waals surface area contributed by atoms with Gasteiger partial charge in [0.2, 0.25) is 5.95 Å². The summed E-state index contributed by atoms with van der Waals surface area (Å²) in [6, 6.07) is 0.720. The molecule has 0 saturated carbocycles. The van der Waals surface area contributed by atoms with Crippen LogP contribution in [-0.2, 0) is 0 Å². The molecule has 5 nitrogen and oxygen atoms in total. The summed E-state index contributed by atoms with van der Waals surface area (Å²) in [5, 5.41) is 0. The van der Waals surface area contributed by atoms with Crippen LogP contribution in [0.25, 0.3) is 0 Å². The average Bonchev–Trinajstić information content (AvgIpc) is 2.58. The van der Waals surface area contributed by atoms with Gasteiger partial charge < -0.3 is 9.80 Å². The van der Waals surface area contributed by atoms with Crippen molar-refractivity contribution in [3.8, 4) is 0 Å². The third-order valence-corrected chi connectivity index (χ3v) is 6.11. The number of rotatable bonds is 4. The van der Waals surface area contributed by atoms with Crippen LogP contribution in [0.3, 0.4) is 0 Å². The van der Waals surface area contributed by atoms with Crippen molar-refractivity contribution in [3.63, 3.8) is 0 Å². The summed E-state index contributed by atoms with van der Waals surface area (Å²) in [5.74, 6) is 1.76. The highest BCUT2D eigenvalue weighted by molar-refractivity contribution is 5.30. The molecule has 0 atom stereocenters. The summed E-state index contributed by atoms with van der Waals surface area (Å²) >= 11 is 0. The van der Waals surface area contributed by atoms with Gasteiger partial charge in [-0.3, -0.25) is 4.90 Å². The van der Waals surface area contributed by atoms with Crippen molar-refractivity contribution in [2.24, 2.45) is 11.3 Å². The zero-order valence-electron chi connectivity index (χ0n) is 17.4. The summed E-state index contributed by atoms with van der Waals surface area (Å²) in [7, 11) is 0. The van der Waals surface area contributed by atoms with E-state index in [1.54, 1.807) is 0 Å². The third kappa shape index (κ3) is 4.20. The minimum atomic E-state index is 0.653. The average molecular weight is 360 g/mol. The lowest BCUT2D eigenvalue weighted by atomic mass is 9.72. The Balaban J connectivity index is 0.000000948. The van der Waals surface area contributed by atoms with Crippen LogP contribution in [0.4, 0.5) is 5.95 Å². The molecule has 3 fully saturated rings. The number of hydrogen-bond donors (Lipinski definition) is 0. The van der Waals surface area contributed by atoms with E-state index in [4.69, 9.17) is 0 Å². The van der Waals surface area contributed by atoms with E-state index in [9.17, 15) is 0 Å². The van der Waals surface area contributed by atoms with Gasteiger partial charge in [-0.1, -0.05) is 13.8 Å². The first-order valence-corrected chi connectivity index (χ1v) is 10.5. The van der Waals surface area contributed by atoms with Gasteiger partial charge in [0, 0.05) is 69.7 Å². The SMILES string of the molecule is CC.Cc1cnc(N2CCC(CN3CC4(C3)CN(C(C)C)C4)CC2)nc1. The summed E-state index contributed by atoms with van der Waals surface area (Å²) in [4.78, 5) is 16.6. The Kier molecular flexibility index (Phi) is 6.18. The molecule has 3 aliphatic heterocycles. The fourth-order valence-electron chi connectivity index (χ4n) is 4.64. The maximum absolute atomic E-state index is 4.47. The van der Waals surface area contributed by atoms with Gasteiger partial charge >= 0.3 is 0 Å². The monoisotopic (exact) mass is 359 g/mol. The zero-order chi connectivity index (χ0) is 18.7. The van der Waals surface area contributed by atoms with Crippen LogP contribution in [0.1, 0.15) is 46.1 Å². The van der Waals surface area contributed by atoms with Crippen LogP contribution in [0.2, 0.25) is 0 Å². The first kappa shape index (κ1) is 19.6. The van der Waals surface area contributed by atoms with Crippen molar-refractivity contribution >= 4 is 5.95 Å². The highest BCUT2D eigenvalue weighted by Gasteiger charge is 2.52. The first-order valence-electron chi connectivity index (χ1n) is 10.5. The summed E-state index contributed by atoms with van der Waals surface area (Å²) in [6.45, 7) is 19.5. The van der Waals surface area contributed by atoms with Crippen molar-refractivity contribution < 1.29 is 0 Å². The number of nitrogens with zero attached hydrogens (tertiary/aromatic N) is 5. The normalized spacial score (nSPS) is 23.4. The van der Waals surface area contributed by atoms with Crippen molar-refractivity contribution in [2.45, 2.75) is 53.5 Å². The third-order valence-electron chi connectivity index (χ3n) is 6.11. The Morgan fingerprint density at radius 2 is 1.62 bits per heavy atom. The molecule has 0 unspecified atom stereocenters. The molecule has 26 heavy (non-hydrogen) atoms. The Hall–Kier alpha value is -1.20. The van der Waals surface area contributed by atoms with E-state index < -0.39 is 0 Å². The highest BCUT2D eigenvalue weighted by atomic mass is 15.3. The van der Waals surface area contributed by atoms with Crippen LogP contribution in [-0.4, -0.2) is 71.6 Å². The zero-order valence-corrected chi connectivity index (χ0v) is 17.4. The number of piperidine rings is 1. The van der Waals surface area contributed by atoms with Gasteiger partial charge in [0.25, 0.3) is 0 Å². The van der Waals surface area contributed by atoms with Gasteiger partial charge in [-0.05, 0) is 45.1 Å². The molecule has 3 aliphatic rings. The Labute approximate surface area is 159 Å². The van der Waals surface area contributed by atoms with Crippen LogP contribution in [0.5, 0.6) is 0 Å². The van der Waals surface area contributed by atoms with Crippen LogP contribution in [0.15, 0.2) is 12.4 Å². The second kappa shape index (κ2) is 8.22. The van der Waals surface area contributed by atoms with Gasteiger partial charge in [0.15, 0.2) is 0 Å². The van der Waals surface area contributed by atoms with Crippen LogP contribution < -0.4 is 4.90 Å². The fourth-order valence-corrected chi connectivity index (χ4v) is 4.64. The minimum Gasteiger partial charge on any atom is -0.341 e. The number of aromatic nitrogens is 2. The Morgan fingerprint density at radius 1 is 1.04 bits per heavy atom. The molecule has 146 valence electrons. The standard InChI is InChI=1S/C19H31N5.C2H6/c1-15(2)24-13-19(14-24)11-22(12-19)10-17-4-6-23(7-5-17)18-20-8-16(3)9-21-18;1-2/h8-9,15,17H,4-7,10-14H2,1-3H3;1-2H3. The largest absolute Gasteiger partial charge is 0.341 e. The fraction of sp³-hybridized carbons (Fsp3) is 0.810. The quantitative estimate of drug-likeness (QED) is 0.826. The van der Waals surface area contributed by atoms with Crippen molar-refractivity contribution in [3.05, 3.63) is 18.0 Å². The van der Waals surface area contributed by atoms with Crippen molar-refractivity contribution in [1.82, 2.24) is 19.8 Å². The number of hydrogen-bond acceptors (Lipinski definition) is 5. The maximum atomic E-state index is 4.47. The second-order valence-corrected chi connectivity index (χ2v) is 8.66. The summed E-state index contributed by atoms with van der Waals surface area (Å²) in [6.07, 6.45) is 6.40. The summed E-state index contributed by atoms with van der Waals surface area (Å²) in [5.41, 5.74) is 1.79. The van der Waals surface area contributed by atoms with Crippen molar-refractivity contribution in [2.75, 3.05) is 50.7 Å². The molecule has 0 amide bonds. The van der Waals surface area contributed by atoms with Gasteiger partial charge in [-0.2, -0.15) is 0 Å². The van der Waals surface area contributed by atoms with Gasteiger partial charge in [-0.15, -0.1) is 0 Å². The first-order chi connectivity index (χ1) is 12.5. The number of likely N-dealkylation sites (tertiary alicyclic amines) is 2. The Morgan fingerprint density at radius 3 is 2.15 bits per heavy atom. The van der Waals surface area contributed by atoms with E-state index in [0.29, 0.717) is 5.41 Å². The molecular formula is C21H37N5. The molecule has 4 rings (SSSR count). The molecule has 0 radical (unpaired) electrons. The lowest BCUT2D eigenvalue weighted by molar-refractivity contribution is -0.129. The predicted molar refractivity (Wildman–Crippen MR) is 109 cm³/mol. The van der Waals surface area contributed by atoms with Gasteiger partial charge in [0.05, 0.1) is 0 Å². The van der Waals surface area contributed by atoms with Crippen molar-refractivity contribution in [1.29, 1.82) is 0 Å². The topological polar surface area (TPSA) is 35.5 Å². The molecule has 4 heterocycles. The maximum Gasteiger partial charge on any atom is 0.225 e. The molecule has 1 aromatic rings. The second-order valence-electron chi connectivity index (χ2n) is 8.66. The van der Waals surface area contributed by atoms with E-state index >= 15 is 0 Å². The molecule has 0 bridgehead atoms. The molecule has 0 aliphatic carbocycles. The molecule has 0 aromatic carbocycles. The molecular weight excluding hydrogens is 322 g/mol. The molecule has 5 heteroatoms. The van der Waals surface area contributed by atoms with E-state index in [1.165, 1.54) is 45.6 Å². The lowest BCUT2D eigenvalue weighted by Gasteiger charge is -2.62.